The highest BCUT2D eigenvalue weighted by molar-refractivity contribution is 7.09. The van der Waals surface area contributed by atoms with E-state index >= 15 is 0 Å². The molecule has 0 spiro atoms. The van der Waals surface area contributed by atoms with Crippen LogP contribution in [0.15, 0.2) is 23.8 Å². The van der Waals surface area contributed by atoms with E-state index in [0.29, 0.717) is 19.8 Å². The third-order valence-corrected chi connectivity index (χ3v) is 3.92. The van der Waals surface area contributed by atoms with Crippen molar-refractivity contribution in [2.75, 3.05) is 19.8 Å². The molecule has 104 valence electrons. The number of aryl methyl sites for hydroxylation is 1. The molecule has 3 rings (SSSR count). The Morgan fingerprint density at radius 3 is 2.95 bits per heavy atom. The SMILES string of the molecule is Cc1nc([C@@H]2COCCN2C(=O)c2ncccn2)cs1. The van der Waals surface area contributed by atoms with Gasteiger partial charge in [0.05, 0.1) is 30.0 Å². The van der Waals surface area contributed by atoms with Crippen LogP contribution in [0.2, 0.25) is 0 Å². The molecule has 0 radical (unpaired) electrons. The average Bonchev–Trinajstić information content (AvgIpc) is 2.94. The lowest BCUT2D eigenvalue weighted by atomic mass is 10.1. The molecule has 3 heterocycles. The number of amides is 1. The van der Waals surface area contributed by atoms with E-state index in [0.717, 1.165) is 10.7 Å². The van der Waals surface area contributed by atoms with E-state index in [1.807, 2.05) is 12.3 Å². The Morgan fingerprint density at radius 2 is 2.25 bits per heavy atom. The monoisotopic (exact) mass is 290 g/mol. The molecular weight excluding hydrogens is 276 g/mol. The Balaban J connectivity index is 1.87. The minimum absolute atomic E-state index is 0.162. The standard InChI is InChI=1S/C13H14N4O2S/c1-9-16-10(8-20-9)11-7-19-6-5-17(11)13(18)12-14-3-2-4-15-12/h2-4,8,11H,5-7H2,1H3/t11-/m0/s1. The van der Waals surface area contributed by atoms with Crippen LogP contribution in [0, 0.1) is 6.92 Å². The first-order valence-corrected chi connectivity index (χ1v) is 7.21. The van der Waals surface area contributed by atoms with Crippen LogP contribution in [-0.4, -0.2) is 45.5 Å². The summed E-state index contributed by atoms with van der Waals surface area (Å²) in [5.41, 5.74) is 0.872. The lowest BCUT2D eigenvalue weighted by Crippen LogP contribution is -2.44. The smallest absolute Gasteiger partial charge is 0.292 e. The maximum Gasteiger partial charge on any atom is 0.292 e. The van der Waals surface area contributed by atoms with Gasteiger partial charge in [0.15, 0.2) is 0 Å². The van der Waals surface area contributed by atoms with Gasteiger partial charge >= 0.3 is 0 Å². The normalized spacial score (nSPS) is 19.1. The number of ether oxygens (including phenoxy) is 1. The number of morpholine rings is 1. The van der Waals surface area contributed by atoms with Gasteiger partial charge in [0.2, 0.25) is 5.82 Å². The molecule has 1 amide bonds. The summed E-state index contributed by atoms with van der Waals surface area (Å²) in [6.45, 7) is 3.46. The third-order valence-electron chi connectivity index (χ3n) is 3.12. The summed E-state index contributed by atoms with van der Waals surface area (Å²) in [7, 11) is 0. The highest BCUT2D eigenvalue weighted by atomic mass is 32.1. The predicted octanol–water partition coefficient (Wildman–Crippen LogP) is 1.46. The zero-order valence-corrected chi connectivity index (χ0v) is 11.8. The molecule has 1 saturated heterocycles. The lowest BCUT2D eigenvalue weighted by Gasteiger charge is -2.34. The van der Waals surface area contributed by atoms with E-state index < -0.39 is 0 Å². The number of hydrogen-bond acceptors (Lipinski definition) is 6. The summed E-state index contributed by atoms with van der Waals surface area (Å²) in [5.74, 6) is 0.0379. The number of aromatic nitrogens is 3. The Kier molecular flexibility index (Phi) is 3.70. The first-order valence-electron chi connectivity index (χ1n) is 6.33. The summed E-state index contributed by atoms with van der Waals surface area (Å²) in [6, 6.07) is 1.53. The molecule has 0 aromatic carbocycles. The molecule has 1 aliphatic rings. The fourth-order valence-corrected chi connectivity index (χ4v) is 2.82. The second-order valence-corrected chi connectivity index (χ2v) is 5.52. The molecule has 0 N–H and O–H groups in total. The molecule has 2 aromatic heterocycles. The molecule has 1 aliphatic heterocycles. The largest absolute Gasteiger partial charge is 0.377 e. The molecule has 0 aliphatic carbocycles. The van der Waals surface area contributed by atoms with Crippen molar-refractivity contribution in [1.82, 2.24) is 19.9 Å². The number of thiazole rings is 1. The molecule has 0 bridgehead atoms. The second-order valence-electron chi connectivity index (χ2n) is 4.45. The fourth-order valence-electron chi connectivity index (χ4n) is 2.16. The Hall–Kier alpha value is -1.86. The quantitative estimate of drug-likeness (QED) is 0.837. The van der Waals surface area contributed by atoms with Gasteiger partial charge in [0.25, 0.3) is 5.91 Å². The van der Waals surface area contributed by atoms with Gasteiger partial charge in [-0.05, 0) is 13.0 Å². The van der Waals surface area contributed by atoms with E-state index in [9.17, 15) is 4.79 Å². The maximum atomic E-state index is 12.5. The lowest BCUT2D eigenvalue weighted by molar-refractivity contribution is -0.00440. The van der Waals surface area contributed by atoms with Crippen molar-refractivity contribution in [1.29, 1.82) is 0 Å². The summed E-state index contributed by atoms with van der Waals surface area (Å²) in [5, 5.41) is 2.95. The topological polar surface area (TPSA) is 68.2 Å². The van der Waals surface area contributed by atoms with E-state index in [1.54, 1.807) is 34.7 Å². The van der Waals surface area contributed by atoms with Crippen molar-refractivity contribution in [3.8, 4) is 0 Å². The molecule has 20 heavy (non-hydrogen) atoms. The number of carbonyl (C=O) groups is 1. The molecule has 6 nitrogen and oxygen atoms in total. The average molecular weight is 290 g/mol. The van der Waals surface area contributed by atoms with Crippen molar-refractivity contribution < 1.29 is 9.53 Å². The first-order chi connectivity index (χ1) is 9.75. The third kappa shape index (κ3) is 2.54. The zero-order valence-electron chi connectivity index (χ0n) is 11.0. The molecular formula is C13H14N4O2S. The molecule has 0 unspecified atom stereocenters. The van der Waals surface area contributed by atoms with Gasteiger partial charge in [-0.15, -0.1) is 11.3 Å². The molecule has 7 heteroatoms. The van der Waals surface area contributed by atoms with E-state index in [4.69, 9.17) is 4.74 Å². The van der Waals surface area contributed by atoms with Crippen molar-refractivity contribution in [2.24, 2.45) is 0 Å². The Morgan fingerprint density at radius 1 is 1.45 bits per heavy atom. The van der Waals surface area contributed by atoms with Crippen molar-refractivity contribution in [3.05, 3.63) is 40.4 Å². The van der Waals surface area contributed by atoms with Crippen LogP contribution in [0.25, 0.3) is 0 Å². The van der Waals surface area contributed by atoms with E-state index in [2.05, 4.69) is 15.0 Å². The highest BCUT2D eigenvalue weighted by Crippen LogP contribution is 2.26. The van der Waals surface area contributed by atoms with Gasteiger partial charge in [0.1, 0.15) is 0 Å². The Bertz CT molecular complexity index is 601. The number of nitrogens with zero attached hydrogens (tertiary/aromatic N) is 4. The number of carbonyl (C=O) groups excluding carboxylic acids is 1. The summed E-state index contributed by atoms with van der Waals surface area (Å²) in [6.07, 6.45) is 3.14. The maximum absolute atomic E-state index is 12.5. The summed E-state index contributed by atoms with van der Waals surface area (Å²) < 4.78 is 5.49. The summed E-state index contributed by atoms with van der Waals surface area (Å²) in [4.78, 5) is 26.8. The minimum atomic E-state index is -0.176. The fraction of sp³-hybridized carbons (Fsp3) is 0.385. The van der Waals surface area contributed by atoms with Crippen LogP contribution in [0.3, 0.4) is 0 Å². The van der Waals surface area contributed by atoms with Gasteiger partial charge < -0.3 is 9.64 Å². The van der Waals surface area contributed by atoms with Crippen LogP contribution >= 0.6 is 11.3 Å². The van der Waals surface area contributed by atoms with Gasteiger partial charge in [-0.2, -0.15) is 0 Å². The van der Waals surface area contributed by atoms with Crippen LogP contribution in [0.5, 0.6) is 0 Å². The second kappa shape index (κ2) is 5.64. The van der Waals surface area contributed by atoms with Gasteiger partial charge in [-0.1, -0.05) is 0 Å². The highest BCUT2D eigenvalue weighted by Gasteiger charge is 2.31. The summed E-state index contributed by atoms with van der Waals surface area (Å²) >= 11 is 1.57. The molecule has 1 atom stereocenters. The van der Waals surface area contributed by atoms with Gasteiger partial charge in [-0.3, -0.25) is 4.79 Å². The van der Waals surface area contributed by atoms with Crippen molar-refractivity contribution in [2.45, 2.75) is 13.0 Å². The van der Waals surface area contributed by atoms with E-state index in [-0.39, 0.29) is 17.8 Å². The number of hydrogen-bond donors (Lipinski definition) is 0. The van der Waals surface area contributed by atoms with Gasteiger partial charge in [0, 0.05) is 24.3 Å². The van der Waals surface area contributed by atoms with Crippen molar-refractivity contribution >= 4 is 17.2 Å². The Labute approximate surface area is 120 Å². The molecule has 0 saturated carbocycles. The van der Waals surface area contributed by atoms with Crippen LogP contribution < -0.4 is 0 Å². The van der Waals surface area contributed by atoms with Crippen LogP contribution in [0.4, 0.5) is 0 Å². The number of rotatable bonds is 2. The minimum Gasteiger partial charge on any atom is -0.377 e. The van der Waals surface area contributed by atoms with E-state index in [1.165, 1.54) is 0 Å². The molecule has 1 fully saturated rings. The van der Waals surface area contributed by atoms with Crippen LogP contribution in [-0.2, 0) is 4.74 Å². The predicted molar refractivity (Wildman–Crippen MR) is 73.5 cm³/mol. The zero-order chi connectivity index (χ0) is 13.9. The van der Waals surface area contributed by atoms with Crippen LogP contribution in [0.1, 0.15) is 27.4 Å². The van der Waals surface area contributed by atoms with Gasteiger partial charge in [-0.25, -0.2) is 15.0 Å². The first kappa shape index (κ1) is 13.1. The van der Waals surface area contributed by atoms with Crippen molar-refractivity contribution in [3.63, 3.8) is 0 Å². The molecule has 2 aromatic rings.